The van der Waals surface area contributed by atoms with E-state index in [9.17, 15) is 10.0 Å². The Bertz CT molecular complexity index is 147. The Morgan fingerprint density at radius 2 is 1.73 bits per heavy atom. The molecule has 3 heteroatoms. The van der Waals surface area contributed by atoms with Gasteiger partial charge in [-0.3, -0.25) is 10.0 Å². The fraction of sp³-hybridized carbons (Fsp3) is 0.875. The largest absolute Gasteiger partial charge is 0.285 e. The van der Waals surface area contributed by atoms with Crippen LogP contribution in [0.2, 0.25) is 0 Å². The minimum absolute atomic E-state index is 0.153. The van der Waals surface area contributed by atoms with Crippen molar-refractivity contribution in [3.63, 3.8) is 0 Å². The summed E-state index contributed by atoms with van der Waals surface area (Å²) >= 11 is 0. The van der Waals surface area contributed by atoms with Gasteiger partial charge < -0.3 is 0 Å². The van der Waals surface area contributed by atoms with Gasteiger partial charge in [-0.1, -0.05) is 13.8 Å². The van der Waals surface area contributed by atoms with Crippen LogP contribution in [0, 0.1) is 5.92 Å². The fourth-order valence-corrected chi connectivity index (χ4v) is 0.575. The lowest BCUT2D eigenvalue weighted by Gasteiger charge is -2.30. The summed E-state index contributed by atoms with van der Waals surface area (Å²) in [5.74, 6) is -0.392. The standard InChI is InChI=1S/C8H17NO2/c1-6(2)7(10)9(11)8(3,4)5/h6,11H,1-5H3. The van der Waals surface area contributed by atoms with Gasteiger partial charge in [0.25, 0.3) is 0 Å². The molecule has 0 fully saturated rings. The molecule has 0 aliphatic rings. The minimum Gasteiger partial charge on any atom is -0.285 e. The van der Waals surface area contributed by atoms with E-state index < -0.39 is 5.54 Å². The SMILES string of the molecule is CC(C)C(=O)N(O)C(C)(C)C. The predicted octanol–water partition coefficient (Wildman–Crippen LogP) is 1.66. The second kappa shape index (κ2) is 3.22. The lowest BCUT2D eigenvalue weighted by molar-refractivity contribution is -0.190. The smallest absolute Gasteiger partial charge is 0.248 e. The molecule has 0 saturated heterocycles. The summed E-state index contributed by atoms with van der Waals surface area (Å²) in [5, 5.41) is 10.1. The topological polar surface area (TPSA) is 40.5 Å². The van der Waals surface area contributed by atoms with Crippen LogP contribution in [0.5, 0.6) is 0 Å². The van der Waals surface area contributed by atoms with Gasteiger partial charge in [0.15, 0.2) is 0 Å². The molecule has 0 aliphatic heterocycles. The van der Waals surface area contributed by atoms with Gasteiger partial charge in [0.1, 0.15) is 0 Å². The second-order valence-electron chi connectivity index (χ2n) is 3.98. The lowest BCUT2D eigenvalue weighted by atomic mass is 10.1. The Hall–Kier alpha value is -0.570. The van der Waals surface area contributed by atoms with Crippen molar-refractivity contribution in [2.45, 2.75) is 40.2 Å². The summed E-state index contributed by atoms with van der Waals surface area (Å²) in [6, 6.07) is 0. The van der Waals surface area contributed by atoms with Gasteiger partial charge in [0.2, 0.25) is 5.91 Å². The Balaban J connectivity index is 4.26. The van der Waals surface area contributed by atoms with Gasteiger partial charge in [-0.25, -0.2) is 5.06 Å². The van der Waals surface area contributed by atoms with E-state index in [0.717, 1.165) is 5.06 Å². The van der Waals surface area contributed by atoms with E-state index in [-0.39, 0.29) is 11.8 Å². The monoisotopic (exact) mass is 159 g/mol. The van der Waals surface area contributed by atoms with E-state index in [4.69, 9.17) is 0 Å². The first-order valence-electron chi connectivity index (χ1n) is 3.79. The van der Waals surface area contributed by atoms with Crippen LogP contribution >= 0.6 is 0 Å². The van der Waals surface area contributed by atoms with Crippen molar-refractivity contribution in [2.24, 2.45) is 5.92 Å². The normalized spacial score (nSPS) is 11.9. The van der Waals surface area contributed by atoms with Crippen LogP contribution in [-0.2, 0) is 4.79 Å². The van der Waals surface area contributed by atoms with Crippen LogP contribution in [0.15, 0.2) is 0 Å². The molecule has 1 N–H and O–H groups in total. The van der Waals surface area contributed by atoms with Gasteiger partial charge in [0, 0.05) is 5.92 Å². The van der Waals surface area contributed by atoms with Gasteiger partial charge in [-0.15, -0.1) is 0 Å². The number of nitrogens with zero attached hydrogens (tertiary/aromatic N) is 1. The zero-order valence-electron chi connectivity index (χ0n) is 7.88. The van der Waals surface area contributed by atoms with Crippen LogP contribution in [-0.4, -0.2) is 21.7 Å². The summed E-state index contributed by atoms with van der Waals surface area (Å²) in [5.41, 5.74) is -0.499. The molecule has 1 amide bonds. The molecule has 0 aliphatic carbocycles. The van der Waals surface area contributed by atoms with Crippen molar-refractivity contribution in [2.75, 3.05) is 0 Å². The van der Waals surface area contributed by atoms with Crippen LogP contribution in [0.25, 0.3) is 0 Å². The summed E-state index contributed by atoms with van der Waals surface area (Å²) in [6.07, 6.45) is 0. The average Bonchev–Trinajstić information content (AvgIpc) is 1.82. The molecule has 0 bridgehead atoms. The van der Waals surface area contributed by atoms with Crippen LogP contribution in [0.4, 0.5) is 0 Å². The Kier molecular flexibility index (Phi) is 3.05. The molecule has 66 valence electrons. The van der Waals surface area contributed by atoms with Crippen molar-refractivity contribution in [1.82, 2.24) is 5.06 Å². The zero-order valence-corrected chi connectivity index (χ0v) is 7.88. The molecule has 0 aromatic heterocycles. The highest BCUT2D eigenvalue weighted by atomic mass is 16.5. The van der Waals surface area contributed by atoms with Crippen molar-refractivity contribution in [1.29, 1.82) is 0 Å². The van der Waals surface area contributed by atoms with E-state index in [0.29, 0.717) is 0 Å². The van der Waals surface area contributed by atoms with Gasteiger partial charge in [-0.05, 0) is 20.8 Å². The van der Waals surface area contributed by atoms with Gasteiger partial charge in [-0.2, -0.15) is 0 Å². The molecular formula is C8H17NO2. The maximum atomic E-state index is 11.2. The van der Waals surface area contributed by atoms with Crippen molar-refractivity contribution in [3.8, 4) is 0 Å². The predicted molar refractivity (Wildman–Crippen MR) is 43.2 cm³/mol. The Labute approximate surface area is 68.0 Å². The summed E-state index contributed by atoms with van der Waals surface area (Å²) in [7, 11) is 0. The number of amides is 1. The van der Waals surface area contributed by atoms with Crippen LogP contribution < -0.4 is 0 Å². The van der Waals surface area contributed by atoms with Crippen molar-refractivity contribution in [3.05, 3.63) is 0 Å². The van der Waals surface area contributed by atoms with E-state index in [2.05, 4.69) is 0 Å². The zero-order chi connectivity index (χ0) is 9.23. The number of carbonyl (C=O) groups is 1. The molecule has 0 heterocycles. The van der Waals surface area contributed by atoms with Gasteiger partial charge in [0.05, 0.1) is 5.54 Å². The first kappa shape index (κ1) is 10.4. The lowest BCUT2D eigenvalue weighted by Crippen LogP contribution is -2.44. The van der Waals surface area contributed by atoms with E-state index in [1.807, 2.05) is 0 Å². The molecule has 0 rings (SSSR count). The maximum absolute atomic E-state index is 11.2. The maximum Gasteiger partial charge on any atom is 0.248 e. The molecule has 0 radical (unpaired) electrons. The van der Waals surface area contributed by atoms with E-state index in [1.165, 1.54) is 0 Å². The van der Waals surface area contributed by atoms with E-state index >= 15 is 0 Å². The first-order chi connectivity index (χ1) is 4.76. The molecule has 0 aromatic rings. The summed E-state index contributed by atoms with van der Waals surface area (Å²) in [6.45, 7) is 8.88. The summed E-state index contributed by atoms with van der Waals surface area (Å²) in [4.78, 5) is 11.2. The summed E-state index contributed by atoms with van der Waals surface area (Å²) < 4.78 is 0. The van der Waals surface area contributed by atoms with Crippen LogP contribution in [0.1, 0.15) is 34.6 Å². The third-order valence-electron chi connectivity index (χ3n) is 1.34. The highest BCUT2D eigenvalue weighted by Crippen LogP contribution is 2.13. The second-order valence-corrected chi connectivity index (χ2v) is 3.98. The van der Waals surface area contributed by atoms with E-state index in [1.54, 1.807) is 34.6 Å². The minimum atomic E-state index is -0.499. The van der Waals surface area contributed by atoms with Gasteiger partial charge >= 0.3 is 0 Å². The van der Waals surface area contributed by atoms with Crippen LogP contribution in [0.3, 0.4) is 0 Å². The fourth-order valence-electron chi connectivity index (χ4n) is 0.575. The Morgan fingerprint density at radius 1 is 1.36 bits per heavy atom. The number of carbonyl (C=O) groups excluding carboxylic acids is 1. The average molecular weight is 159 g/mol. The molecule has 0 aromatic carbocycles. The molecule has 0 atom stereocenters. The Morgan fingerprint density at radius 3 is 1.82 bits per heavy atom. The number of rotatable bonds is 1. The quantitative estimate of drug-likeness (QED) is 0.467. The molecule has 3 nitrogen and oxygen atoms in total. The highest BCUT2D eigenvalue weighted by molar-refractivity contribution is 5.77. The molecule has 11 heavy (non-hydrogen) atoms. The number of hydrogen-bond acceptors (Lipinski definition) is 2. The molecule has 0 spiro atoms. The molecule has 0 saturated carbocycles. The highest BCUT2D eigenvalue weighted by Gasteiger charge is 2.26. The third-order valence-corrected chi connectivity index (χ3v) is 1.34. The first-order valence-corrected chi connectivity index (χ1v) is 3.79. The molecular weight excluding hydrogens is 142 g/mol. The molecule has 0 unspecified atom stereocenters. The van der Waals surface area contributed by atoms with Crippen molar-refractivity contribution >= 4 is 5.91 Å². The number of hydroxylamine groups is 2. The van der Waals surface area contributed by atoms with Crippen molar-refractivity contribution < 1.29 is 10.0 Å². The third kappa shape index (κ3) is 2.89. The number of hydrogen-bond donors (Lipinski definition) is 1.